The van der Waals surface area contributed by atoms with Crippen molar-refractivity contribution in [1.82, 2.24) is 20.5 Å². The second kappa shape index (κ2) is 8.23. The number of H-pyrrole nitrogens is 1. The van der Waals surface area contributed by atoms with Crippen LogP contribution in [0.2, 0.25) is 0 Å². The van der Waals surface area contributed by atoms with Crippen molar-refractivity contribution in [2.75, 3.05) is 5.32 Å². The fraction of sp³-hybridized carbons (Fsp3) is 0.524. The predicted molar refractivity (Wildman–Crippen MR) is 107 cm³/mol. The van der Waals surface area contributed by atoms with Crippen molar-refractivity contribution in [1.29, 1.82) is 0 Å². The van der Waals surface area contributed by atoms with Crippen LogP contribution in [-0.4, -0.2) is 38.8 Å². The predicted octanol–water partition coefficient (Wildman–Crippen LogP) is 3.29. The normalized spacial score (nSPS) is 22.1. The lowest BCUT2D eigenvalue weighted by Gasteiger charge is -2.16. The molecule has 2 amide bonds. The van der Waals surface area contributed by atoms with Gasteiger partial charge in [-0.3, -0.25) is 14.9 Å². The van der Waals surface area contributed by atoms with Gasteiger partial charge in [-0.15, -0.1) is 0 Å². The van der Waals surface area contributed by atoms with E-state index in [4.69, 9.17) is 4.74 Å². The minimum Gasteiger partial charge on any atom is -0.446 e. The summed E-state index contributed by atoms with van der Waals surface area (Å²) in [4.78, 5) is 28.2. The Hall–Kier alpha value is -2.90. The van der Waals surface area contributed by atoms with Gasteiger partial charge in [0.05, 0.1) is 0 Å². The number of ether oxygens (including phenoxy) is 1. The van der Waals surface area contributed by atoms with Crippen LogP contribution in [0.3, 0.4) is 0 Å². The molecule has 2 aromatic heterocycles. The zero-order chi connectivity index (χ0) is 20.3. The van der Waals surface area contributed by atoms with Crippen molar-refractivity contribution in [2.45, 2.75) is 69.4 Å². The first-order valence-electron chi connectivity index (χ1n) is 10.2. The molecule has 2 aromatic rings. The number of hydrogen-bond donors (Lipinski definition) is 3. The topological polar surface area (TPSA) is 109 Å². The molecule has 0 aliphatic heterocycles. The fourth-order valence-corrected chi connectivity index (χ4v) is 3.69. The monoisotopic (exact) mass is 397 g/mol. The number of pyridine rings is 1. The zero-order valence-corrected chi connectivity index (χ0v) is 16.6. The molecule has 0 bridgehead atoms. The van der Waals surface area contributed by atoms with Gasteiger partial charge in [0, 0.05) is 42.0 Å². The molecule has 0 unspecified atom stereocenters. The molecule has 4 rings (SSSR count). The van der Waals surface area contributed by atoms with Crippen molar-refractivity contribution in [2.24, 2.45) is 0 Å². The van der Waals surface area contributed by atoms with Crippen LogP contribution < -0.4 is 10.6 Å². The van der Waals surface area contributed by atoms with Crippen LogP contribution >= 0.6 is 0 Å². The van der Waals surface area contributed by atoms with E-state index in [9.17, 15) is 9.59 Å². The van der Waals surface area contributed by atoms with Gasteiger partial charge >= 0.3 is 6.09 Å². The first-order valence-corrected chi connectivity index (χ1v) is 10.2. The number of rotatable bonds is 7. The SMILES string of the molecule is CC1(NC(=O)O[C@@H]2CC[C@H](c3cc(NC(=O)CCc4cccnc4)n[nH]3)C2)CC1. The van der Waals surface area contributed by atoms with Crippen LogP contribution in [0.25, 0.3) is 0 Å². The molecule has 0 saturated heterocycles. The van der Waals surface area contributed by atoms with Crippen LogP contribution in [0.5, 0.6) is 0 Å². The number of carbonyl (C=O) groups excluding carboxylic acids is 2. The second-order valence-electron chi connectivity index (χ2n) is 8.34. The van der Waals surface area contributed by atoms with Crippen LogP contribution in [0.15, 0.2) is 30.6 Å². The van der Waals surface area contributed by atoms with E-state index in [1.807, 2.05) is 25.1 Å². The van der Waals surface area contributed by atoms with Crippen LogP contribution in [0.4, 0.5) is 10.6 Å². The van der Waals surface area contributed by atoms with Gasteiger partial charge < -0.3 is 15.4 Å². The van der Waals surface area contributed by atoms with E-state index in [2.05, 4.69) is 25.8 Å². The molecule has 2 fully saturated rings. The molecular formula is C21H27N5O3. The summed E-state index contributed by atoms with van der Waals surface area (Å²) in [5, 5.41) is 13.0. The van der Waals surface area contributed by atoms with E-state index in [1.54, 1.807) is 12.4 Å². The molecule has 8 heteroatoms. The molecule has 0 aromatic carbocycles. The van der Waals surface area contributed by atoms with Gasteiger partial charge in [-0.05, 0) is 57.1 Å². The lowest BCUT2D eigenvalue weighted by atomic mass is 10.0. The molecule has 3 N–H and O–H groups in total. The molecule has 2 aliphatic rings. The number of nitrogens with zero attached hydrogens (tertiary/aromatic N) is 2. The molecular weight excluding hydrogens is 370 g/mol. The van der Waals surface area contributed by atoms with Gasteiger partial charge in [0.15, 0.2) is 5.82 Å². The number of carbonyl (C=O) groups is 2. The first-order chi connectivity index (χ1) is 14.0. The molecule has 154 valence electrons. The number of aromatic nitrogens is 3. The number of anilines is 1. The number of alkyl carbamates (subject to hydrolysis) is 1. The molecule has 8 nitrogen and oxygen atoms in total. The Kier molecular flexibility index (Phi) is 5.51. The Bertz CT molecular complexity index is 862. The summed E-state index contributed by atoms with van der Waals surface area (Å²) >= 11 is 0. The van der Waals surface area contributed by atoms with E-state index in [0.29, 0.717) is 18.7 Å². The second-order valence-corrected chi connectivity index (χ2v) is 8.34. The van der Waals surface area contributed by atoms with Crippen LogP contribution in [0, 0.1) is 0 Å². The standard InChI is InChI=1S/C21H27N5O3/c1-21(8-9-21)24-20(28)29-16-6-5-15(11-16)17-12-18(26-25-17)23-19(27)7-4-14-3-2-10-22-13-14/h2-3,10,12-13,15-16H,4-9,11H2,1H3,(H,24,28)(H2,23,25,26,27)/t15-,16+/m0/s1. The Morgan fingerprint density at radius 3 is 2.97 bits per heavy atom. The lowest BCUT2D eigenvalue weighted by Crippen LogP contribution is -2.36. The van der Waals surface area contributed by atoms with E-state index in [-0.39, 0.29) is 29.6 Å². The van der Waals surface area contributed by atoms with E-state index >= 15 is 0 Å². The lowest BCUT2D eigenvalue weighted by molar-refractivity contribution is -0.116. The summed E-state index contributed by atoms with van der Waals surface area (Å²) in [6, 6.07) is 5.69. The number of hydrogen-bond acceptors (Lipinski definition) is 5. The van der Waals surface area contributed by atoms with Crippen molar-refractivity contribution in [3.8, 4) is 0 Å². The van der Waals surface area contributed by atoms with Crippen LogP contribution in [-0.2, 0) is 16.0 Å². The largest absolute Gasteiger partial charge is 0.446 e. The number of nitrogens with one attached hydrogen (secondary N) is 3. The van der Waals surface area contributed by atoms with Gasteiger partial charge in [0.1, 0.15) is 6.10 Å². The molecule has 0 spiro atoms. The van der Waals surface area contributed by atoms with Crippen molar-refractivity contribution in [3.05, 3.63) is 41.9 Å². The van der Waals surface area contributed by atoms with E-state index in [1.165, 1.54) is 0 Å². The third kappa shape index (κ3) is 5.34. The molecule has 0 radical (unpaired) electrons. The maximum atomic E-state index is 12.2. The quantitative estimate of drug-likeness (QED) is 0.664. The maximum absolute atomic E-state index is 12.2. The summed E-state index contributed by atoms with van der Waals surface area (Å²) < 4.78 is 5.57. The summed E-state index contributed by atoms with van der Waals surface area (Å²) in [6.45, 7) is 2.03. The Morgan fingerprint density at radius 1 is 1.34 bits per heavy atom. The van der Waals surface area contributed by atoms with Gasteiger partial charge in [0.2, 0.25) is 5.91 Å². The number of aryl methyl sites for hydroxylation is 1. The molecule has 29 heavy (non-hydrogen) atoms. The minimum absolute atomic E-state index is 0.0669. The van der Waals surface area contributed by atoms with Gasteiger partial charge in [-0.25, -0.2) is 4.79 Å². The van der Waals surface area contributed by atoms with Crippen molar-refractivity contribution in [3.63, 3.8) is 0 Å². The van der Waals surface area contributed by atoms with Crippen molar-refractivity contribution >= 4 is 17.8 Å². The highest BCUT2D eigenvalue weighted by Gasteiger charge is 2.40. The Balaban J connectivity index is 1.22. The maximum Gasteiger partial charge on any atom is 0.407 e. The molecule has 2 atom stereocenters. The Labute approximate surface area is 169 Å². The minimum atomic E-state index is -0.318. The summed E-state index contributed by atoms with van der Waals surface area (Å²) in [5.74, 6) is 0.697. The number of amides is 2. The van der Waals surface area contributed by atoms with E-state index in [0.717, 1.165) is 43.4 Å². The zero-order valence-electron chi connectivity index (χ0n) is 16.6. The number of aromatic amines is 1. The third-order valence-electron chi connectivity index (χ3n) is 5.73. The summed E-state index contributed by atoms with van der Waals surface area (Å²) in [7, 11) is 0. The molecule has 2 saturated carbocycles. The average Bonchev–Trinajstić information content (AvgIpc) is 3.09. The molecule has 2 aliphatic carbocycles. The van der Waals surface area contributed by atoms with Crippen molar-refractivity contribution < 1.29 is 14.3 Å². The van der Waals surface area contributed by atoms with Gasteiger partial charge in [-0.2, -0.15) is 5.10 Å². The molecule has 2 heterocycles. The van der Waals surface area contributed by atoms with E-state index < -0.39 is 0 Å². The smallest absolute Gasteiger partial charge is 0.407 e. The average molecular weight is 397 g/mol. The highest BCUT2D eigenvalue weighted by atomic mass is 16.6. The summed E-state index contributed by atoms with van der Waals surface area (Å²) in [5.41, 5.74) is 1.93. The third-order valence-corrected chi connectivity index (χ3v) is 5.73. The fourth-order valence-electron chi connectivity index (χ4n) is 3.69. The first kappa shape index (κ1) is 19.4. The highest BCUT2D eigenvalue weighted by molar-refractivity contribution is 5.89. The van der Waals surface area contributed by atoms with Gasteiger partial charge in [-0.1, -0.05) is 6.07 Å². The van der Waals surface area contributed by atoms with Crippen LogP contribution in [0.1, 0.15) is 62.6 Å². The Morgan fingerprint density at radius 2 is 2.21 bits per heavy atom. The summed E-state index contributed by atoms with van der Waals surface area (Å²) in [6.07, 6.45) is 8.65. The highest BCUT2D eigenvalue weighted by Crippen LogP contribution is 2.37. The van der Waals surface area contributed by atoms with Gasteiger partial charge in [0.25, 0.3) is 0 Å².